The summed E-state index contributed by atoms with van der Waals surface area (Å²) in [5, 5.41) is 10.8. The average Bonchev–Trinajstić information content (AvgIpc) is 2.57. The predicted octanol–water partition coefficient (Wildman–Crippen LogP) is 2.97. The van der Waals surface area contributed by atoms with Crippen LogP contribution in [0.25, 0.3) is 10.8 Å². The molecular formula is C18H23ClN2O3. The Labute approximate surface area is 145 Å². The molecule has 5 nitrogen and oxygen atoms in total. The lowest BCUT2D eigenvalue weighted by Crippen LogP contribution is -2.45. The standard InChI is InChI=1S/C18H23ClN2O3/c19-15-11-14-12(4-8-21-17(14)23)10-16(15)24-13-2-6-18(20,7-3-13)5-1-9-22/h4,8,10-11,13,22H,1-3,5-7,9,20H2,(H,21,23)/t13-,18-. The summed E-state index contributed by atoms with van der Waals surface area (Å²) in [7, 11) is 0. The highest BCUT2D eigenvalue weighted by molar-refractivity contribution is 6.32. The molecule has 1 heterocycles. The first-order valence-electron chi connectivity index (χ1n) is 8.38. The summed E-state index contributed by atoms with van der Waals surface area (Å²) in [6.45, 7) is 0.185. The summed E-state index contributed by atoms with van der Waals surface area (Å²) in [5.74, 6) is 0.611. The van der Waals surface area contributed by atoms with Crippen LogP contribution >= 0.6 is 11.6 Å². The molecule has 0 radical (unpaired) electrons. The van der Waals surface area contributed by atoms with Gasteiger partial charge in [0.2, 0.25) is 0 Å². The molecule has 2 aromatic rings. The van der Waals surface area contributed by atoms with E-state index in [0.717, 1.165) is 43.9 Å². The molecule has 6 heteroatoms. The van der Waals surface area contributed by atoms with E-state index >= 15 is 0 Å². The number of halogens is 1. The second-order valence-electron chi connectivity index (χ2n) is 6.68. The van der Waals surface area contributed by atoms with Gasteiger partial charge in [-0.05, 0) is 62.1 Å². The monoisotopic (exact) mass is 350 g/mol. The number of hydrogen-bond acceptors (Lipinski definition) is 4. The maximum Gasteiger partial charge on any atom is 0.255 e. The lowest BCUT2D eigenvalue weighted by atomic mass is 9.78. The van der Waals surface area contributed by atoms with E-state index in [4.69, 9.17) is 27.2 Å². The normalized spacial score (nSPS) is 24.2. The Hall–Kier alpha value is -1.56. The molecule has 0 bridgehead atoms. The second kappa shape index (κ2) is 7.13. The highest BCUT2D eigenvalue weighted by atomic mass is 35.5. The Morgan fingerprint density at radius 2 is 2.12 bits per heavy atom. The molecule has 0 unspecified atom stereocenters. The molecule has 1 fully saturated rings. The van der Waals surface area contributed by atoms with E-state index in [-0.39, 0.29) is 23.8 Å². The van der Waals surface area contributed by atoms with Crippen LogP contribution in [0.15, 0.2) is 29.2 Å². The molecule has 0 spiro atoms. The minimum absolute atomic E-state index is 0.0766. The van der Waals surface area contributed by atoms with Gasteiger partial charge < -0.3 is 20.6 Å². The fourth-order valence-electron chi connectivity index (χ4n) is 3.42. The highest BCUT2D eigenvalue weighted by Gasteiger charge is 2.32. The van der Waals surface area contributed by atoms with Crippen molar-refractivity contribution in [1.82, 2.24) is 4.98 Å². The maximum atomic E-state index is 11.8. The maximum absolute atomic E-state index is 11.8. The van der Waals surface area contributed by atoms with Gasteiger partial charge in [0.1, 0.15) is 5.75 Å². The summed E-state index contributed by atoms with van der Waals surface area (Å²) < 4.78 is 6.08. The highest BCUT2D eigenvalue weighted by Crippen LogP contribution is 2.35. The second-order valence-corrected chi connectivity index (χ2v) is 7.09. The first kappa shape index (κ1) is 17.3. The van der Waals surface area contributed by atoms with E-state index < -0.39 is 0 Å². The Morgan fingerprint density at radius 1 is 1.38 bits per heavy atom. The number of aliphatic hydroxyl groups excluding tert-OH is 1. The van der Waals surface area contributed by atoms with E-state index in [0.29, 0.717) is 16.2 Å². The quantitative estimate of drug-likeness (QED) is 0.773. The first-order chi connectivity index (χ1) is 11.5. The van der Waals surface area contributed by atoms with Gasteiger partial charge in [0.25, 0.3) is 5.56 Å². The van der Waals surface area contributed by atoms with Crippen molar-refractivity contribution in [1.29, 1.82) is 0 Å². The number of aromatic amines is 1. The van der Waals surface area contributed by atoms with Crippen LogP contribution in [0.3, 0.4) is 0 Å². The zero-order valence-corrected chi connectivity index (χ0v) is 14.3. The van der Waals surface area contributed by atoms with Gasteiger partial charge in [-0.2, -0.15) is 0 Å². The van der Waals surface area contributed by atoms with Crippen molar-refractivity contribution in [2.45, 2.75) is 50.2 Å². The molecule has 1 aromatic carbocycles. The van der Waals surface area contributed by atoms with Crippen molar-refractivity contribution in [3.63, 3.8) is 0 Å². The van der Waals surface area contributed by atoms with Crippen molar-refractivity contribution < 1.29 is 9.84 Å². The molecule has 1 aromatic heterocycles. The number of benzene rings is 1. The Balaban J connectivity index is 1.70. The smallest absolute Gasteiger partial charge is 0.255 e. The van der Waals surface area contributed by atoms with Gasteiger partial charge in [-0.25, -0.2) is 0 Å². The number of hydrogen-bond donors (Lipinski definition) is 3. The molecule has 24 heavy (non-hydrogen) atoms. The van der Waals surface area contributed by atoms with Crippen LogP contribution in [-0.2, 0) is 0 Å². The zero-order valence-electron chi connectivity index (χ0n) is 13.6. The Kier molecular flexibility index (Phi) is 5.13. The van der Waals surface area contributed by atoms with Crippen LogP contribution in [0, 0.1) is 0 Å². The molecule has 1 aliphatic rings. The van der Waals surface area contributed by atoms with Crippen molar-refractivity contribution in [3.8, 4) is 5.75 Å². The van der Waals surface area contributed by atoms with Crippen LogP contribution in [0.1, 0.15) is 38.5 Å². The summed E-state index contributed by atoms with van der Waals surface area (Å²) >= 11 is 6.29. The van der Waals surface area contributed by atoms with Gasteiger partial charge >= 0.3 is 0 Å². The molecular weight excluding hydrogens is 328 g/mol. The summed E-state index contributed by atoms with van der Waals surface area (Å²) in [6, 6.07) is 5.31. The number of aliphatic hydroxyl groups is 1. The lowest BCUT2D eigenvalue weighted by Gasteiger charge is -2.37. The van der Waals surface area contributed by atoms with Crippen molar-refractivity contribution >= 4 is 22.4 Å². The van der Waals surface area contributed by atoms with Crippen LogP contribution in [0.2, 0.25) is 5.02 Å². The number of nitrogens with one attached hydrogen (secondary N) is 1. The molecule has 0 amide bonds. The molecule has 1 aliphatic carbocycles. The topological polar surface area (TPSA) is 88.3 Å². The third-order valence-corrected chi connectivity index (χ3v) is 5.18. The van der Waals surface area contributed by atoms with Crippen LogP contribution < -0.4 is 16.0 Å². The fourth-order valence-corrected chi connectivity index (χ4v) is 3.63. The molecule has 0 saturated heterocycles. The molecule has 0 atom stereocenters. The predicted molar refractivity (Wildman–Crippen MR) is 95.7 cm³/mol. The van der Waals surface area contributed by atoms with Crippen LogP contribution in [0.4, 0.5) is 0 Å². The fraction of sp³-hybridized carbons (Fsp3) is 0.500. The first-order valence-corrected chi connectivity index (χ1v) is 8.76. The number of nitrogens with two attached hydrogens (primary N) is 1. The lowest BCUT2D eigenvalue weighted by molar-refractivity contribution is 0.111. The Morgan fingerprint density at radius 3 is 2.83 bits per heavy atom. The van der Waals surface area contributed by atoms with E-state index in [1.165, 1.54) is 0 Å². The molecule has 1 saturated carbocycles. The van der Waals surface area contributed by atoms with Crippen LogP contribution in [-0.4, -0.2) is 28.3 Å². The number of ether oxygens (including phenoxy) is 1. The van der Waals surface area contributed by atoms with Crippen molar-refractivity contribution in [3.05, 3.63) is 39.8 Å². The summed E-state index contributed by atoms with van der Waals surface area (Å²) in [5.41, 5.74) is 6.04. The SMILES string of the molecule is N[C@]1(CCCO)CC[C@@H](Oc2cc3cc[nH]c(=O)c3cc2Cl)CC1. The molecule has 0 aliphatic heterocycles. The third-order valence-electron chi connectivity index (χ3n) is 4.88. The molecule has 4 N–H and O–H groups in total. The third kappa shape index (κ3) is 3.74. The zero-order chi connectivity index (χ0) is 17.2. The summed E-state index contributed by atoms with van der Waals surface area (Å²) in [4.78, 5) is 14.4. The van der Waals surface area contributed by atoms with E-state index in [1.54, 1.807) is 12.3 Å². The van der Waals surface area contributed by atoms with Gasteiger partial charge in [0.05, 0.1) is 11.1 Å². The van der Waals surface area contributed by atoms with E-state index in [9.17, 15) is 4.79 Å². The molecule has 3 rings (SSSR count). The van der Waals surface area contributed by atoms with Crippen LogP contribution in [0.5, 0.6) is 5.75 Å². The molecule has 130 valence electrons. The van der Waals surface area contributed by atoms with Gasteiger partial charge in [-0.3, -0.25) is 4.79 Å². The van der Waals surface area contributed by atoms with E-state index in [1.807, 2.05) is 12.1 Å². The van der Waals surface area contributed by atoms with Crippen molar-refractivity contribution in [2.24, 2.45) is 5.73 Å². The average molecular weight is 351 g/mol. The largest absolute Gasteiger partial charge is 0.489 e. The van der Waals surface area contributed by atoms with Gasteiger partial charge in [-0.15, -0.1) is 0 Å². The number of aromatic nitrogens is 1. The minimum Gasteiger partial charge on any atom is -0.489 e. The number of fused-ring (bicyclic) bond motifs is 1. The number of H-pyrrole nitrogens is 1. The Bertz CT molecular complexity index is 766. The van der Waals surface area contributed by atoms with Crippen molar-refractivity contribution in [2.75, 3.05) is 6.61 Å². The van der Waals surface area contributed by atoms with Gasteiger partial charge in [0.15, 0.2) is 0 Å². The van der Waals surface area contributed by atoms with Gasteiger partial charge in [0, 0.05) is 23.7 Å². The van der Waals surface area contributed by atoms with Gasteiger partial charge in [-0.1, -0.05) is 11.6 Å². The number of pyridine rings is 1. The summed E-state index contributed by atoms with van der Waals surface area (Å²) in [6.07, 6.45) is 6.77. The minimum atomic E-state index is -0.191. The number of rotatable bonds is 5. The van der Waals surface area contributed by atoms with E-state index in [2.05, 4.69) is 4.98 Å².